The van der Waals surface area contributed by atoms with Crippen molar-refractivity contribution < 1.29 is 4.92 Å². The highest BCUT2D eigenvalue weighted by molar-refractivity contribution is 5.50. The molecule has 2 unspecified atom stereocenters. The summed E-state index contributed by atoms with van der Waals surface area (Å²) < 4.78 is 0. The number of anilines is 1. The normalized spacial score (nSPS) is 23.1. The molecule has 106 valence electrons. The van der Waals surface area contributed by atoms with Crippen molar-refractivity contribution in [3.8, 4) is 6.07 Å². The lowest BCUT2D eigenvalue weighted by molar-refractivity contribution is -0.385. The molecule has 1 fully saturated rings. The number of nitriles is 1. The molecule has 7 nitrogen and oxygen atoms in total. The van der Waals surface area contributed by atoms with Crippen LogP contribution in [-0.2, 0) is 0 Å². The van der Waals surface area contributed by atoms with Gasteiger partial charge in [0.1, 0.15) is 11.9 Å². The zero-order valence-corrected chi connectivity index (χ0v) is 11.5. The molecule has 2 rings (SSSR count). The van der Waals surface area contributed by atoms with E-state index in [2.05, 4.69) is 29.3 Å². The highest BCUT2D eigenvalue weighted by Gasteiger charge is 2.25. The molecule has 1 saturated heterocycles. The van der Waals surface area contributed by atoms with E-state index < -0.39 is 4.92 Å². The van der Waals surface area contributed by atoms with Crippen LogP contribution in [0.25, 0.3) is 0 Å². The van der Waals surface area contributed by atoms with Crippen molar-refractivity contribution in [2.45, 2.75) is 45.2 Å². The van der Waals surface area contributed by atoms with E-state index in [0.29, 0.717) is 17.9 Å². The van der Waals surface area contributed by atoms with Gasteiger partial charge in [-0.3, -0.25) is 10.1 Å². The Morgan fingerprint density at radius 3 is 2.65 bits per heavy atom. The van der Waals surface area contributed by atoms with Crippen LogP contribution >= 0.6 is 0 Å². The lowest BCUT2D eigenvalue weighted by Crippen LogP contribution is -2.47. The van der Waals surface area contributed by atoms with Gasteiger partial charge in [0.05, 0.1) is 4.92 Å². The zero-order valence-electron chi connectivity index (χ0n) is 11.5. The van der Waals surface area contributed by atoms with E-state index >= 15 is 0 Å². The summed E-state index contributed by atoms with van der Waals surface area (Å²) in [6.07, 6.45) is 3.38. The third-order valence-corrected chi connectivity index (χ3v) is 3.61. The van der Waals surface area contributed by atoms with Gasteiger partial charge in [0.25, 0.3) is 0 Å². The van der Waals surface area contributed by atoms with Gasteiger partial charge >= 0.3 is 5.69 Å². The van der Waals surface area contributed by atoms with Crippen LogP contribution in [0.5, 0.6) is 0 Å². The molecule has 1 aliphatic rings. The van der Waals surface area contributed by atoms with Crippen molar-refractivity contribution in [3.63, 3.8) is 0 Å². The average Bonchev–Trinajstić information content (AvgIpc) is 2.42. The van der Waals surface area contributed by atoms with Crippen LogP contribution in [0.15, 0.2) is 12.1 Å². The van der Waals surface area contributed by atoms with Crippen molar-refractivity contribution in [3.05, 3.63) is 27.9 Å². The lowest BCUT2D eigenvalue weighted by Gasteiger charge is -2.39. The molecule has 1 aromatic rings. The Morgan fingerprint density at radius 1 is 1.45 bits per heavy atom. The van der Waals surface area contributed by atoms with E-state index in [4.69, 9.17) is 5.26 Å². The van der Waals surface area contributed by atoms with Gasteiger partial charge in [-0.25, -0.2) is 9.99 Å². The summed E-state index contributed by atoms with van der Waals surface area (Å²) >= 11 is 0. The molecular weight excluding hydrogens is 258 g/mol. The first-order chi connectivity index (χ1) is 9.52. The largest absolute Gasteiger partial charge is 0.305 e. The Balaban J connectivity index is 2.21. The van der Waals surface area contributed by atoms with E-state index in [1.54, 1.807) is 6.07 Å². The number of nitrogens with one attached hydrogen (secondary N) is 1. The monoisotopic (exact) mass is 275 g/mol. The third-order valence-electron chi connectivity index (χ3n) is 3.61. The van der Waals surface area contributed by atoms with Crippen LogP contribution in [0.4, 0.5) is 11.5 Å². The molecular formula is C13H17N5O2. The Morgan fingerprint density at radius 2 is 2.10 bits per heavy atom. The number of nitrogens with zero attached hydrogens (tertiary/aromatic N) is 4. The zero-order chi connectivity index (χ0) is 14.7. The molecule has 1 N–H and O–H groups in total. The minimum atomic E-state index is -0.596. The van der Waals surface area contributed by atoms with Gasteiger partial charge in [-0.1, -0.05) is 6.42 Å². The molecule has 0 aromatic carbocycles. The first-order valence-electron chi connectivity index (χ1n) is 6.63. The van der Waals surface area contributed by atoms with E-state index in [-0.39, 0.29) is 11.4 Å². The summed E-state index contributed by atoms with van der Waals surface area (Å²) in [5, 5.41) is 21.8. The van der Waals surface area contributed by atoms with E-state index in [9.17, 15) is 10.1 Å². The summed E-state index contributed by atoms with van der Waals surface area (Å²) in [5.74, 6) is 0.466. The quantitative estimate of drug-likeness (QED) is 0.672. The SMILES string of the molecule is CC1CCCC(C)N1Nc1ccc([N+](=O)[O-])c(C#N)n1. The van der Waals surface area contributed by atoms with Gasteiger partial charge in [-0.15, -0.1) is 0 Å². The molecule has 1 aromatic heterocycles. The summed E-state index contributed by atoms with van der Waals surface area (Å²) in [6.45, 7) is 4.25. The van der Waals surface area contributed by atoms with Crippen molar-refractivity contribution >= 4 is 11.5 Å². The molecule has 2 heterocycles. The summed E-state index contributed by atoms with van der Waals surface area (Å²) in [5.41, 5.74) is 2.73. The van der Waals surface area contributed by atoms with Crippen molar-refractivity contribution in [2.24, 2.45) is 0 Å². The van der Waals surface area contributed by atoms with E-state index in [1.807, 2.05) is 0 Å². The standard InChI is InChI=1S/C13H17N5O2/c1-9-4-3-5-10(2)17(9)16-13-7-6-12(18(19)20)11(8-14)15-13/h6-7,9-10H,3-5H2,1-2H3,(H,15,16). The van der Waals surface area contributed by atoms with Crippen molar-refractivity contribution in [1.29, 1.82) is 5.26 Å². The first kappa shape index (κ1) is 14.2. The topological polar surface area (TPSA) is 95.1 Å². The number of piperidine rings is 1. The number of aromatic nitrogens is 1. The molecule has 0 amide bonds. The summed E-state index contributed by atoms with van der Waals surface area (Å²) in [7, 11) is 0. The molecule has 7 heteroatoms. The number of hydrazine groups is 1. The van der Waals surface area contributed by atoms with Crippen LogP contribution in [-0.4, -0.2) is 27.0 Å². The molecule has 0 bridgehead atoms. The molecule has 2 atom stereocenters. The maximum absolute atomic E-state index is 10.8. The molecule has 0 saturated carbocycles. The van der Waals surface area contributed by atoms with Crippen LogP contribution in [0.3, 0.4) is 0 Å². The number of hydrogen-bond donors (Lipinski definition) is 1. The van der Waals surface area contributed by atoms with Crippen LogP contribution in [0, 0.1) is 21.4 Å². The van der Waals surface area contributed by atoms with Crippen molar-refractivity contribution in [1.82, 2.24) is 9.99 Å². The highest BCUT2D eigenvalue weighted by Crippen LogP contribution is 2.24. The second-order valence-corrected chi connectivity index (χ2v) is 5.08. The van der Waals surface area contributed by atoms with Gasteiger partial charge in [0.2, 0.25) is 5.69 Å². The van der Waals surface area contributed by atoms with Gasteiger partial charge in [0.15, 0.2) is 0 Å². The van der Waals surface area contributed by atoms with Gasteiger partial charge in [-0.05, 0) is 32.8 Å². The fraction of sp³-hybridized carbons (Fsp3) is 0.538. The van der Waals surface area contributed by atoms with Gasteiger partial charge < -0.3 is 5.43 Å². The predicted octanol–water partition coefficient (Wildman–Crippen LogP) is 2.45. The maximum Gasteiger partial charge on any atom is 0.305 e. The second-order valence-electron chi connectivity index (χ2n) is 5.08. The molecule has 20 heavy (non-hydrogen) atoms. The van der Waals surface area contributed by atoms with Gasteiger partial charge in [-0.2, -0.15) is 5.26 Å². The third kappa shape index (κ3) is 2.86. The Kier molecular flexibility index (Phi) is 4.15. The fourth-order valence-electron chi connectivity index (χ4n) is 2.52. The molecule has 0 radical (unpaired) electrons. The smallest absolute Gasteiger partial charge is 0.303 e. The molecule has 0 aliphatic carbocycles. The number of rotatable bonds is 3. The maximum atomic E-state index is 10.8. The van der Waals surface area contributed by atoms with Crippen LogP contribution in [0.2, 0.25) is 0 Å². The lowest BCUT2D eigenvalue weighted by atomic mass is 10.00. The average molecular weight is 275 g/mol. The Bertz CT molecular complexity index is 544. The summed E-state index contributed by atoms with van der Waals surface area (Å²) in [4.78, 5) is 14.2. The van der Waals surface area contributed by atoms with Gasteiger partial charge in [0, 0.05) is 18.2 Å². The summed E-state index contributed by atoms with van der Waals surface area (Å²) in [6, 6.07) is 5.34. The van der Waals surface area contributed by atoms with Crippen molar-refractivity contribution in [2.75, 3.05) is 5.43 Å². The molecule has 1 aliphatic heterocycles. The molecule has 0 spiro atoms. The van der Waals surface area contributed by atoms with Crippen LogP contribution < -0.4 is 5.43 Å². The minimum absolute atomic E-state index is 0.169. The Labute approximate surface area is 117 Å². The first-order valence-corrected chi connectivity index (χ1v) is 6.63. The number of pyridine rings is 1. The van der Waals surface area contributed by atoms with Crippen LogP contribution in [0.1, 0.15) is 38.8 Å². The fourth-order valence-corrected chi connectivity index (χ4v) is 2.52. The number of nitro groups is 1. The second kappa shape index (κ2) is 5.84. The number of hydrogen-bond acceptors (Lipinski definition) is 6. The van der Waals surface area contributed by atoms with E-state index in [0.717, 1.165) is 12.8 Å². The van der Waals surface area contributed by atoms with E-state index in [1.165, 1.54) is 18.6 Å². The minimum Gasteiger partial charge on any atom is -0.303 e. The predicted molar refractivity (Wildman–Crippen MR) is 73.8 cm³/mol. The highest BCUT2D eigenvalue weighted by atomic mass is 16.6. The Hall–Kier alpha value is -2.20.